The van der Waals surface area contributed by atoms with Gasteiger partial charge in [-0.2, -0.15) is 5.10 Å². The van der Waals surface area contributed by atoms with E-state index in [4.69, 9.17) is 26.4 Å². The van der Waals surface area contributed by atoms with Crippen LogP contribution in [-0.2, 0) is 6.42 Å². The first-order valence-electron chi connectivity index (χ1n) is 11.2. The zero-order chi connectivity index (χ0) is 21.7. The molecule has 0 amide bonds. The average molecular weight is 450 g/mol. The maximum absolute atomic E-state index is 13.1. The van der Waals surface area contributed by atoms with Crippen LogP contribution in [0.1, 0.15) is 36.7 Å². The fourth-order valence-corrected chi connectivity index (χ4v) is 4.60. The Morgan fingerprint density at radius 1 is 1.16 bits per heavy atom. The second kappa shape index (κ2) is 7.90. The summed E-state index contributed by atoms with van der Waals surface area (Å²) in [5.41, 5.74) is 2.46. The Labute approximate surface area is 190 Å². The van der Waals surface area contributed by atoms with E-state index in [1.54, 1.807) is 4.68 Å². The molecule has 1 saturated heterocycles. The van der Waals surface area contributed by atoms with Crippen LogP contribution in [0, 0.1) is 5.92 Å². The van der Waals surface area contributed by atoms with E-state index in [-0.39, 0.29) is 11.6 Å². The van der Waals surface area contributed by atoms with E-state index >= 15 is 0 Å². The molecule has 6 rings (SSSR count). The summed E-state index contributed by atoms with van der Waals surface area (Å²) in [6.07, 6.45) is 7.77. The predicted molar refractivity (Wildman–Crippen MR) is 124 cm³/mol. The molecule has 32 heavy (non-hydrogen) atoms. The van der Waals surface area contributed by atoms with Gasteiger partial charge in [-0.25, -0.2) is 9.67 Å². The zero-order valence-corrected chi connectivity index (χ0v) is 18.4. The van der Waals surface area contributed by atoms with E-state index in [0.717, 1.165) is 41.9 Å². The summed E-state index contributed by atoms with van der Waals surface area (Å²) in [5, 5.41) is 10.3. The standard InChI is InChI=1S/C24H24ClN5O2/c25-20-10-23-27-16(12-29(23)13-22(20)32-14-15-5-6-15)9-21-18-3-1-2-4-19(18)24(31)30(28-21)17-7-8-26-11-17/h1-4,10,12-13,15,17,26H,5-9,11,14H2. The summed E-state index contributed by atoms with van der Waals surface area (Å²) in [6.45, 7) is 2.38. The van der Waals surface area contributed by atoms with Crippen molar-refractivity contribution in [2.45, 2.75) is 31.7 Å². The van der Waals surface area contributed by atoms with E-state index in [1.165, 1.54) is 12.8 Å². The van der Waals surface area contributed by atoms with Gasteiger partial charge in [0.2, 0.25) is 0 Å². The Morgan fingerprint density at radius 3 is 2.78 bits per heavy atom. The fraction of sp³-hybridized carbons (Fsp3) is 0.375. The van der Waals surface area contributed by atoms with Gasteiger partial charge in [0, 0.05) is 30.6 Å². The van der Waals surface area contributed by atoms with Gasteiger partial charge in [0.15, 0.2) is 5.75 Å². The highest BCUT2D eigenvalue weighted by molar-refractivity contribution is 6.32. The summed E-state index contributed by atoms with van der Waals surface area (Å²) >= 11 is 6.43. The summed E-state index contributed by atoms with van der Waals surface area (Å²) < 4.78 is 9.51. The van der Waals surface area contributed by atoms with Crippen LogP contribution in [0.4, 0.5) is 0 Å². The molecule has 1 aliphatic heterocycles. The van der Waals surface area contributed by atoms with Crippen LogP contribution < -0.4 is 15.6 Å². The number of nitrogens with one attached hydrogen (secondary N) is 1. The maximum atomic E-state index is 13.1. The van der Waals surface area contributed by atoms with Crippen LogP contribution in [-0.4, -0.2) is 38.9 Å². The van der Waals surface area contributed by atoms with Crippen molar-refractivity contribution in [2.24, 2.45) is 5.92 Å². The third-order valence-electron chi connectivity index (χ3n) is 6.36. The topological polar surface area (TPSA) is 73.5 Å². The van der Waals surface area contributed by atoms with Crippen LogP contribution in [0.3, 0.4) is 0 Å². The van der Waals surface area contributed by atoms with E-state index < -0.39 is 0 Å². The number of aromatic nitrogens is 4. The minimum Gasteiger partial charge on any atom is -0.490 e. The number of imidazole rings is 1. The normalized spacial score (nSPS) is 18.6. The molecule has 4 heterocycles. The lowest BCUT2D eigenvalue weighted by Gasteiger charge is -2.15. The molecule has 0 spiro atoms. The van der Waals surface area contributed by atoms with Crippen molar-refractivity contribution < 1.29 is 4.74 Å². The van der Waals surface area contributed by atoms with Crippen LogP contribution in [0.5, 0.6) is 5.75 Å². The first-order chi connectivity index (χ1) is 15.7. The van der Waals surface area contributed by atoms with Gasteiger partial charge in [0.1, 0.15) is 5.65 Å². The van der Waals surface area contributed by atoms with E-state index in [1.807, 2.05) is 47.1 Å². The first-order valence-corrected chi connectivity index (χ1v) is 11.5. The van der Waals surface area contributed by atoms with Crippen LogP contribution >= 0.6 is 11.6 Å². The molecule has 8 heteroatoms. The highest BCUT2D eigenvalue weighted by Crippen LogP contribution is 2.32. The molecule has 3 aromatic heterocycles. The van der Waals surface area contributed by atoms with Crippen LogP contribution in [0.15, 0.2) is 47.5 Å². The number of hydrogen-bond donors (Lipinski definition) is 1. The van der Waals surface area contributed by atoms with Crippen molar-refractivity contribution in [3.63, 3.8) is 0 Å². The van der Waals surface area contributed by atoms with Crippen LogP contribution in [0.2, 0.25) is 5.02 Å². The highest BCUT2D eigenvalue weighted by atomic mass is 35.5. The number of benzene rings is 1. The minimum absolute atomic E-state index is 0.0303. The molecule has 2 aliphatic rings. The monoisotopic (exact) mass is 449 g/mol. The number of ether oxygens (including phenoxy) is 1. The van der Waals surface area contributed by atoms with Gasteiger partial charge in [-0.15, -0.1) is 0 Å². The molecule has 1 aromatic carbocycles. The summed E-state index contributed by atoms with van der Waals surface area (Å²) in [5.74, 6) is 1.34. The Balaban J connectivity index is 1.37. The molecule has 0 radical (unpaired) electrons. The largest absolute Gasteiger partial charge is 0.490 e. The SMILES string of the molecule is O=c1c2ccccc2c(Cc2cn3cc(OCC4CC4)c(Cl)cc3n2)nn1C1CCNC1. The molecular weight excluding hydrogens is 426 g/mol. The zero-order valence-electron chi connectivity index (χ0n) is 17.6. The van der Waals surface area contributed by atoms with Gasteiger partial charge in [-0.05, 0) is 37.8 Å². The van der Waals surface area contributed by atoms with E-state index in [0.29, 0.717) is 35.1 Å². The Hall–Kier alpha value is -2.90. The number of fused-ring (bicyclic) bond motifs is 2. The number of hydrogen-bond acceptors (Lipinski definition) is 5. The van der Waals surface area contributed by atoms with Crippen molar-refractivity contribution in [1.29, 1.82) is 0 Å². The Morgan fingerprint density at radius 2 is 2.00 bits per heavy atom. The van der Waals surface area contributed by atoms with Gasteiger partial charge in [-0.1, -0.05) is 29.8 Å². The molecule has 1 aliphatic carbocycles. The fourth-order valence-electron chi connectivity index (χ4n) is 4.40. The Kier molecular flexibility index (Phi) is 4.88. The molecular formula is C24H24ClN5O2. The molecule has 0 bridgehead atoms. The second-order valence-corrected chi connectivity index (χ2v) is 9.21. The number of nitrogens with zero attached hydrogens (tertiary/aromatic N) is 4. The minimum atomic E-state index is -0.0303. The molecule has 4 aromatic rings. The average Bonchev–Trinajstić information content (AvgIpc) is 3.30. The summed E-state index contributed by atoms with van der Waals surface area (Å²) in [4.78, 5) is 17.8. The Bertz CT molecular complexity index is 1370. The van der Waals surface area contributed by atoms with E-state index in [2.05, 4.69) is 5.32 Å². The quantitative estimate of drug-likeness (QED) is 0.486. The number of halogens is 1. The van der Waals surface area contributed by atoms with E-state index in [9.17, 15) is 4.79 Å². The molecule has 1 saturated carbocycles. The molecule has 1 atom stereocenters. The lowest BCUT2D eigenvalue weighted by atomic mass is 10.1. The molecule has 2 fully saturated rings. The van der Waals surface area contributed by atoms with Crippen molar-refractivity contribution in [3.05, 3.63) is 69.5 Å². The summed E-state index contributed by atoms with van der Waals surface area (Å²) in [7, 11) is 0. The van der Waals surface area contributed by atoms with Gasteiger partial charge in [-0.3, -0.25) is 4.79 Å². The third-order valence-corrected chi connectivity index (χ3v) is 6.66. The van der Waals surface area contributed by atoms with Gasteiger partial charge < -0.3 is 14.5 Å². The predicted octanol–water partition coefficient (Wildman–Crippen LogP) is 3.61. The van der Waals surface area contributed by atoms with Crippen molar-refractivity contribution in [1.82, 2.24) is 24.5 Å². The van der Waals surface area contributed by atoms with Crippen molar-refractivity contribution >= 4 is 28.0 Å². The van der Waals surface area contributed by atoms with Gasteiger partial charge >= 0.3 is 0 Å². The maximum Gasteiger partial charge on any atom is 0.274 e. The molecule has 1 N–H and O–H groups in total. The third kappa shape index (κ3) is 3.65. The second-order valence-electron chi connectivity index (χ2n) is 8.80. The van der Waals surface area contributed by atoms with Crippen LogP contribution in [0.25, 0.3) is 16.4 Å². The lowest BCUT2D eigenvalue weighted by Crippen LogP contribution is -2.30. The highest BCUT2D eigenvalue weighted by Gasteiger charge is 2.23. The molecule has 1 unspecified atom stereocenters. The van der Waals surface area contributed by atoms with Crippen molar-refractivity contribution in [3.8, 4) is 5.75 Å². The van der Waals surface area contributed by atoms with Gasteiger partial charge in [0.05, 0.1) is 40.6 Å². The molecule has 7 nitrogen and oxygen atoms in total. The van der Waals surface area contributed by atoms with Crippen molar-refractivity contribution in [2.75, 3.05) is 19.7 Å². The summed E-state index contributed by atoms with van der Waals surface area (Å²) in [6, 6.07) is 9.62. The number of rotatable bonds is 6. The number of pyridine rings is 1. The van der Waals surface area contributed by atoms with Gasteiger partial charge in [0.25, 0.3) is 5.56 Å². The first kappa shape index (κ1) is 19.8. The lowest BCUT2D eigenvalue weighted by molar-refractivity contribution is 0.298. The molecule has 164 valence electrons. The smallest absolute Gasteiger partial charge is 0.274 e.